The third-order valence-corrected chi connectivity index (χ3v) is 2.05. The fraction of sp³-hybridized carbons (Fsp3) is 0.111. The zero-order valence-corrected chi connectivity index (χ0v) is 7.74. The third-order valence-electron chi connectivity index (χ3n) is 1.79. The van der Waals surface area contributed by atoms with Gasteiger partial charge in [0.1, 0.15) is 0 Å². The van der Waals surface area contributed by atoms with E-state index in [9.17, 15) is 4.79 Å². The largest absolute Gasteiger partial charge is 0.454 e. The Morgan fingerprint density at radius 1 is 1.38 bits per heavy atom. The molecule has 0 spiro atoms. The molecule has 0 N–H and O–H groups in total. The molecule has 0 aliphatic carbocycles. The van der Waals surface area contributed by atoms with Gasteiger partial charge in [-0.15, -0.1) is 8.86 Å². The summed E-state index contributed by atoms with van der Waals surface area (Å²) in [4.78, 5) is 11.2. The first kappa shape index (κ1) is 8.27. The summed E-state index contributed by atoms with van der Waals surface area (Å²) in [6, 6.07) is 5.10. The van der Waals surface area contributed by atoms with Crippen LogP contribution in [-0.4, -0.2) is 18.4 Å². The number of ether oxygens (including phenoxy) is 2. The number of carbonyl (C=O) groups is 1. The summed E-state index contributed by atoms with van der Waals surface area (Å²) in [5.41, 5.74) is 0.583. The van der Waals surface area contributed by atoms with Crippen LogP contribution in [-0.2, 0) is 0 Å². The highest BCUT2D eigenvalue weighted by Crippen LogP contribution is 2.32. The zero-order chi connectivity index (χ0) is 9.26. The summed E-state index contributed by atoms with van der Waals surface area (Å²) in [5, 5.41) is 0. The van der Waals surface area contributed by atoms with Crippen molar-refractivity contribution in [3.8, 4) is 11.5 Å². The number of hydrogen-bond acceptors (Lipinski definition) is 3. The van der Waals surface area contributed by atoms with Crippen molar-refractivity contribution < 1.29 is 14.3 Å². The van der Waals surface area contributed by atoms with Gasteiger partial charge >= 0.3 is 0 Å². The second kappa shape index (κ2) is 3.19. The van der Waals surface area contributed by atoms with Crippen molar-refractivity contribution in [3.05, 3.63) is 23.8 Å². The molecule has 1 aromatic rings. The van der Waals surface area contributed by atoms with Crippen LogP contribution in [0.25, 0.3) is 0 Å². The van der Waals surface area contributed by atoms with Gasteiger partial charge in [0.15, 0.2) is 17.3 Å². The van der Waals surface area contributed by atoms with Gasteiger partial charge in [-0.1, -0.05) is 0 Å². The maximum absolute atomic E-state index is 11.2. The molecule has 2 rings (SSSR count). The van der Waals surface area contributed by atoms with Crippen LogP contribution >= 0.6 is 8.86 Å². The van der Waals surface area contributed by atoms with Gasteiger partial charge in [-0.2, -0.15) is 0 Å². The van der Waals surface area contributed by atoms with E-state index >= 15 is 0 Å². The Morgan fingerprint density at radius 3 is 2.92 bits per heavy atom. The van der Waals surface area contributed by atoms with E-state index in [1.807, 2.05) is 0 Å². The van der Waals surface area contributed by atoms with Gasteiger partial charge in [-0.05, 0) is 18.2 Å². The van der Waals surface area contributed by atoms with E-state index in [2.05, 4.69) is 8.86 Å². The van der Waals surface area contributed by atoms with Crippen molar-refractivity contribution in [1.82, 2.24) is 0 Å². The third kappa shape index (κ3) is 1.43. The molecule has 4 heteroatoms. The highest BCUT2D eigenvalue weighted by molar-refractivity contribution is 7.22. The summed E-state index contributed by atoms with van der Waals surface area (Å²) in [7, 11) is 3.03. The van der Waals surface area contributed by atoms with Crippen LogP contribution in [0.5, 0.6) is 11.5 Å². The topological polar surface area (TPSA) is 35.5 Å². The molecule has 0 atom stereocenters. The molecule has 0 bridgehead atoms. The van der Waals surface area contributed by atoms with E-state index in [4.69, 9.17) is 9.47 Å². The lowest BCUT2D eigenvalue weighted by atomic mass is 10.1. The lowest BCUT2D eigenvalue weighted by molar-refractivity contribution is 0.107. The molecule has 0 amide bonds. The Hall–Kier alpha value is -1.34. The fourth-order valence-corrected chi connectivity index (χ4v) is 1.30. The Labute approximate surface area is 77.5 Å². The SMILES string of the molecule is O=C(C=P)c1ccc2c(c1)OCO2. The van der Waals surface area contributed by atoms with Crippen LogP contribution in [0.2, 0.25) is 0 Å². The Morgan fingerprint density at radius 2 is 2.15 bits per heavy atom. The van der Waals surface area contributed by atoms with Gasteiger partial charge in [0.2, 0.25) is 6.79 Å². The van der Waals surface area contributed by atoms with Crippen molar-refractivity contribution in [2.75, 3.05) is 6.79 Å². The summed E-state index contributed by atoms with van der Waals surface area (Å²) < 4.78 is 10.2. The first-order chi connectivity index (χ1) is 6.31. The van der Waals surface area contributed by atoms with Crippen molar-refractivity contribution in [2.45, 2.75) is 0 Å². The Kier molecular flexibility index (Phi) is 2.03. The fourth-order valence-electron chi connectivity index (χ4n) is 1.13. The number of carbonyl (C=O) groups excluding carboxylic acids is 1. The minimum Gasteiger partial charge on any atom is -0.454 e. The van der Waals surface area contributed by atoms with E-state index in [-0.39, 0.29) is 12.6 Å². The van der Waals surface area contributed by atoms with E-state index < -0.39 is 0 Å². The molecule has 0 radical (unpaired) electrons. The summed E-state index contributed by atoms with van der Waals surface area (Å²) in [5.74, 6) is 2.55. The lowest BCUT2D eigenvalue weighted by Gasteiger charge is -1.97. The van der Waals surface area contributed by atoms with Gasteiger partial charge in [-0.3, -0.25) is 4.79 Å². The number of ketones is 1. The van der Waals surface area contributed by atoms with Crippen LogP contribution in [0, 0.1) is 0 Å². The highest BCUT2D eigenvalue weighted by atomic mass is 31.0. The van der Waals surface area contributed by atoms with Crippen molar-refractivity contribution in [1.29, 1.82) is 0 Å². The van der Waals surface area contributed by atoms with Crippen LogP contribution in [0.1, 0.15) is 10.4 Å². The van der Waals surface area contributed by atoms with Crippen LogP contribution in [0.3, 0.4) is 0 Å². The number of rotatable bonds is 2. The summed E-state index contributed by atoms with van der Waals surface area (Å²) >= 11 is 0. The van der Waals surface area contributed by atoms with E-state index in [1.54, 1.807) is 18.2 Å². The zero-order valence-electron chi connectivity index (χ0n) is 6.74. The standard InChI is InChI=1S/C9H7O3P/c10-7(4-13)6-1-2-8-9(3-6)12-5-11-8/h1-4,13H,5H2. The van der Waals surface area contributed by atoms with Gasteiger partial charge in [0.05, 0.1) is 0 Å². The molecule has 1 aliphatic heterocycles. The molecular formula is C9H7O3P. The smallest absolute Gasteiger partial charge is 0.231 e. The molecule has 1 heterocycles. The number of benzene rings is 1. The van der Waals surface area contributed by atoms with Crippen LogP contribution in [0.15, 0.2) is 18.2 Å². The van der Waals surface area contributed by atoms with Crippen molar-refractivity contribution in [2.24, 2.45) is 0 Å². The quantitative estimate of drug-likeness (QED) is 0.529. The van der Waals surface area contributed by atoms with Crippen molar-refractivity contribution >= 4 is 20.4 Å². The maximum Gasteiger partial charge on any atom is 0.231 e. The maximum atomic E-state index is 11.2. The van der Waals surface area contributed by atoms with Gasteiger partial charge in [0.25, 0.3) is 0 Å². The molecule has 0 fully saturated rings. The molecule has 0 saturated heterocycles. The molecule has 0 saturated carbocycles. The van der Waals surface area contributed by atoms with Crippen molar-refractivity contribution in [3.63, 3.8) is 0 Å². The Bertz CT molecular complexity index is 373. The normalized spacial score (nSPS) is 12.6. The predicted molar refractivity (Wildman–Crippen MR) is 51.3 cm³/mol. The molecule has 3 nitrogen and oxygen atoms in total. The molecule has 66 valence electrons. The summed E-state index contributed by atoms with van der Waals surface area (Å²) in [6.45, 7) is 0.227. The second-order valence-electron chi connectivity index (χ2n) is 2.58. The van der Waals surface area contributed by atoms with E-state index in [1.165, 1.54) is 5.80 Å². The summed E-state index contributed by atoms with van der Waals surface area (Å²) in [6.07, 6.45) is 0. The van der Waals surface area contributed by atoms with Crippen LogP contribution in [0.4, 0.5) is 0 Å². The average molecular weight is 194 g/mol. The highest BCUT2D eigenvalue weighted by Gasteiger charge is 2.14. The molecular weight excluding hydrogens is 187 g/mol. The van der Waals surface area contributed by atoms with Crippen LogP contribution < -0.4 is 9.47 Å². The number of Topliss-reactive ketones (excluding diaryl/α,β-unsaturated/α-hetero) is 1. The second-order valence-corrected chi connectivity index (χ2v) is 2.87. The average Bonchev–Trinajstić information content (AvgIpc) is 2.63. The first-order valence-corrected chi connectivity index (χ1v) is 4.33. The number of fused-ring (bicyclic) bond motifs is 1. The molecule has 1 aliphatic rings. The molecule has 0 aromatic heterocycles. The van der Waals surface area contributed by atoms with Gasteiger partial charge in [-0.25, -0.2) is 0 Å². The molecule has 0 unspecified atom stereocenters. The minimum absolute atomic E-state index is 0.0880. The van der Waals surface area contributed by atoms with Gasteiger partial charge < -0.3 is 9.47 Å². The predicted octanol–water partition coefficient (Wildman–Crippen LogP) is 1.54. The van der Waals surface area contributed by atoms with Gasteiger partial charge in [0, 0.05) is 11.4 Å². The van der Waals surface area contributed by atoms with E-state index in [0.717, 1.165) is 0 Å². The molecule has 13 heavy (non-hydrogen) atoms. The van der Waals surface area contributed by atoms with E-state index in [0.29, 0.717) is 17.1 Å². The molecule has 1 aromatic carbocycles. The number of hydrogen-bond donors (Lipinski definition) is 0. The Balaban J connectivity index is 2.41. The lowest BCUT2D eigenvalue weighted by Crippen LogP contribution is -1.97. The first-order valence-electron chi connectivity index (χ1n) is 3.76. The monoisotopic (exact) mass is 194 g/mol. The minimum atomic E-state index is -0.0880.